The van der Waals surface area contributed by atoms with Gasteiger partial charge >= 0.3 is 12.0 Å². The van der Waals surface area contributed by atoms with E-state index in [0.29, 0.717) is 18.5 Å². The number of imide groups is 1. The number of nitrogens with zero attached hydrogens (tertiary/aromatic N) is 2. The van der Waals surface area contributed by atoms with Crippen molar-refractivity contribution in [3.63, 3.8) is 0 Å². The van der Waals surface area contributed by atoms with Crippen molar-refractivity contribution in [2.45, 2.75) is 45.1 Å². The summed E-state index contributed by atoms with van der Waals surface area (Å²) in [6.07, 6.45) is 1.59. The molecular weight excluding hydrogens is 390 g/mol. The second kappa shape index (κ2) is 8.64. The number of hydrogen-bond donors (Lipinski definition) is 1. The molecule has 0 aromatic heterocycles. The molecular formula is C21H25N3O6. The number of nitrogens with one attached hydrogen (secondary N) is 1. The Balaban J connectivity index is 1.41. The molecule has 2 heterocycles. The van der Waals surface area contributed by atoms with Gasteiger partial charge in [0.15, 0.2) is 12.4 Å². The van der Waals surface area contributed by atoms with E-state index in [1.54, 1.807) is 43.0 Å². The molecule has 9 nitrogen and oxygen atoms in total. The van der Waals surface area contributed by atoms with Crippen LogP contribution in [0.4, 0.5) is 10.5 Å². The van der Waals surface area contributed by atoms with Crippen molar-refractivity contribution in [2.75, 3.05) is 24.6 Å². The Morgan fingerprint density at radius 1 is 1.13 bits per heavy atom. The van der Waals surface area contributed by atoms with Gasteiger partial charge in [-0.3, -0.25) is 24.1 Å². The van der Waals surface area contributed by atoms with E-state index in [2.05, 4.69) is 5.32 Å². The maximum absolute atomic E-state index is 12.2. The third-order valence-electron chi connectivity index (χ3n) is 5.15. The zero-order valence-electron chi connectivity index (χ0n) is 17.1. The Kier molecular flexibility index (Phi) is 6.19. The van der Waals surface area contributed by atoms with Crippen LogP contribution >= 0.6 is 0 Å². The summed E-state index contributed by atoms with van der Waals surface area (Å²) in [5.74, 6) is -1.19. The van der Waals surface area contributed by atoms with Crippen LogP contribution in [-0.2, 0) is 19.1 Å². The number of amides is 4. The minimum Gasteiger partial charge on any atom is -0.457 e. The summed E-state index contributed by atoms with van der Waals surface area (Å²) < 4.78 is 5.01. The molecule has 9 heteroatoms. The lowest BCUT2D eigenvalue weighted by molar-refractivity contribution is -0.143. The second-order valence-corrected chi connectivity index (χ2v) is 7.90. The highest BCUT2D eigenvalue weighted by Crippen LogP contribution is 2.22. The maximum Gasteiger partial charge on any atom is 0.325 e. The zero-order chi connectivity index (χ0) is 21.9. The standard InChI is InChI=1S/C21H25N3O6/c1-21(2)19(28)24(20(29)22-21)12-4-6-18(27)30-13-16(25)14-7-9-15(10-8-14)23-11-3-5-17(23)26/h7-10H,3-6,11-13H2,1-2H3,(H,22,29). The molecule has 4 amide bonds. The summed E-state index contributed by atoms with van der Waals surface area (Å²) in [7, 11) is 0. The first-order chi connectivity index (χ1) is 14.2. The molecule has 1 N–H and O–H groups in total. The van der Waals surface area contributed by atoms with Gasteiger partial charge in [0.05, 0.1) is 0 Å². The highest BCUT2D eigenvalue weighted by atomic mass is 16.5. The van der Waals surface area contributed by atoms with E-state index in [1.807, 2.05) is 0 Å². The predicted molar refractivity (Wildman–Crippen MR) is 107 cm³/mol. The van der Waals surface area contributed by atoms with E-state index >= 15 is 0 Å². The number of esters is 1. The summed E-state index contributed by atoms with van der Waals surface area (Å²) >= 11 is 0. The molecule has 2 aliphatic rings. The topological polar surface area (TPSA) is 113 Å². The number of ketones is 1. The minimum atomic E-state index is -0.943. The molecule has 30 heavy (non-hydrogen) atoms. The normalized spacial score (nSPS) is 18.0. The van der Waals surface area contributed by atoms with Gasteiger partial charge in [0.25, 0.3) is 5.91 Å². The summed E-state index contributed by atoms with van der Waals surface area (Å²) in [5, 5.41) is 2.57. The molecule has 2 aliphatic heterocycles. The fraction of sp³-hybridized carbons (Fsp3) is 0.476. The van der Waals surface area contributed by atoms with Gasteiger partial charge in [0.1, 0.15) is 5.54 Å². The highest BCUT2D eigenvalue weighted by Gasteiger charge is 2.43. The molecule has 0 atom stereocenters. The first kappa shape index (κ1) is 21.5. The number of rotatable bonds is 8. The van der Waals surface area contributed by atoms with E-state index in [-0.39, 0.29) is 37.0 Å². The molecule has 0 saturated carbocycles. The Bertz CT molecular complexity index is 877. The van der Waals surface area contributed by atoms with Gasteiger partial charge in [-0.25, -0.2) is 4.79 Å². The van der Waals surface area contributed by atoms with Gasteiger partial charge < -0.3 is 15.0 Å². The Labute approximate surface area is 174 Å². The van der Waals surface area contributed by atoms with E-state index < -0.39 is 24.1 Å². The molecule has 2 fully saturated rings. The van der Waals surface area contributed by atoms with Crippen molar-refractivity contribution in [3.05, 3.63) is 29.8 Å². The molecule has 0 aliphatic carbocycles. The van der Waals surface area contributed by atoms with Crippen LogP contribution in [0.5, 0.6) is 0 Å². The van der Waals surface area contributed by atoms with Crippen LogP contribution in [0.3, 0.4) is 0 Å². The average molecular weight is 415 g/mol. The molecule has 1 aromatic carbocycles. The van der Waals surface area contributed by atoms with Gasteiger partial charge in [-0.05, 0) is 51.0 Å². The molecule has 2 saturated heterocycles. The fourth-order valence-corrected chi connectivity index (χ4v) is 3.45. The number of urea groups is 1. The largest absolute Gasteiger partial charge is 0.457 e. The van der Waals surface area contributed by atoms with Crippen LogP contribution in [-0.4, -0.2) is 59.7 Å². The first-order valence-electron chi connectivity index (χ1n) is 9.92. The number of anilines is 1. The lowest BCUT2D eigenvalue weighted by Gasteiger charge is -2.16. The number of carbonyl (C=O) groups excluding carboxylic acids is 5. The minimum absolute atomic E-state index is 0.0131. The summed E-state index contributed by atoms with van der Waals surface area (Å²) in [4.78, 5) is 62.5. The molecule has 3 rings (SSSR count). The monoisotopic (exact) mass is 415 g/mol. The SMILES string of the molecule is CC1(C)NC(=O)N(CCCC(=O)OCC(=O)c2ccc(N3CCCC3=O)cc2)C1=O. The second-order valence-electron chi connectivity index (χ2n) is 7.90. The van der Waals surface area contributed by atoms with Gasteiger partial charge in [-0.15, -0.1) is 0 Å². The quantitative estimate of drug-likeness (QED) is 0.392. The third kappa shape index (κ3) is 4.67. The lowest BCUT2D eigenvalue weighted by Crippen LogP contribution is -2.40. The van der Waals surface area contributed by atoms with Crippen molar-refractivity contribution in [1.82, 2.24) is 10.2 Å². The van der Waals surface area contributed by atoms with Crippen LogP contribution in [0.1, 0.15) is 49.9 Å². The van der Waals surface area contributed by atoms with Crippen LogP contribution in [0, 0.1) is 0 Å². The van der Waals surface area contributed by atoms with E-state index in [9.17, 15) is 24.0 Å². The van der Waals surface area contributed by atoms with E-state index in [1.165, 1.54) is 0 Å². The van der Waals surface area contributed by atoms with E-state index in [0.717, 1.165) is 17.0 Å². The molecule has 1 aromatic rings. The molecule has 160 valence electrons. The van der Waals surface area contributed by atoms with Gasteiger partial charge in [0.2, 0.25) is 5.91 Å². The van der Waals surface area contributed by atoms with Crippen molar-refractivity contribution >= 4 is 35.3 Å². The van der Waals surface area contributed by atoms with Crippen LogP contribution in [0.15, 0.2) is 24.3 Å². The number of hydrogen-bond acceptors (Lipinski definition) is 6. The van der Waals surface area contributed by atoms with Crippen LogP contribution in [0.2, 0.25) is 0 Å². The van der Waals surface area contributed by atoms with E-state index in [4.69, 9.17) is 4.74 Å². The summed E-state index contributed by atoms with van der Waals surface area (Å²) in [6.45, 7) is 3.61. The van der Waals surface area contributed by atoms with Gasteiger partial charge in [0, 0.05) is 37.2 Å². The number of Topliss-reactive ketones (excluding diaryl/α,β-unsaturated/α-hetero) is 1. The average Bonchev–Trinajstić information content (AvgIpc) is 3.21. The Morgan fingerprint density at radius 2 is 1.83 bits per heavy atom. The Hall–Kier alpha value is -3.23. The maximum atomic E-state index is 12.2. The molecule has 0 bridgehead atoms. The van der Waals surface area contributed by atoms with Crippen LogP contribution < -0.4 is 10.2 Å². The van der Waals surface area contributed by atoms with Gasteiger partial charge in [-0.2, -0.15) is 0 Å². The van der Waals surface area contributed by atoms with Crippen molar-refractivity contribution in [1.29, 1.82) is 0 Å². The number of ether oxygens (including phenoxy) is 1. The highest BCUT2D eigenvalue weighted by molar-refractivity contribution is 6.06. The fourth-order valence-electron chi connectivity index (χ4n) is 3.45. The lowest BCUT2D eigenvalue weighted by atomic mass is 10.1. The van der Waals surface area contributed by atoms with Crippen LogP contribution in [0.25, 0.3) is 0 Å². The number of benzene rings is 1. The van der Waals surface area contributed by atoms with Gasteiger partial charge in [-0.1, -0.05) is 0 Å². The first-order valence-corrected chi connectivity index (χ1v) is 9.92. The molecule has 0 spiro atoms. The van der Waals surface area contributed by atoms with Crippen molar-refractivity contribution in [2.24, 2.45) is 0 Å². The Morgan fingerprint density at radius 3 is 2.40 bits per heavy atom. The summed E-state index contributed by atoms with van der Waals surface area (Å²) in [6, 6.07) is 6.15. The predicted octanol–water partition coefficient (Wildman–Crippen LogP) is 1.65. The molecule has 0 radical (unpaired) electrons. The summed E-state index contributed by atoms with van der Waals surface area (Å²) in [5.41, 5.74) is 0.191. The zero-order valence-corrected chi connectivity index (χ0v) is 17.1. The number of carbonyl (C=O) groups is 5. The molecule has 0 unspecified atom stereocenters. The van der Waals surface area contributed by atoms with Crippen molar-refractivity contribution in [3.8, 4) is 0 Å². The smallest absolute Gasteiger partial charge is 0.325 e. The third-order valence-corrected chi connectivity index (χ3v) is 5.15. The van der Waals surface area contributed by atoms with Crippen molar-refractivity contribution < 1.29 is 28.7 Å².